The summed E-state index contributed by atoms with van der Waals surface area (Å²) in [7, 11) is 0. The molecule has 0 unspecified atom stereocenters. The number of rotatable bonds is 6. The van der Waals surface area contributed by atoms with E-state index >= 15 is 0 Å². The van der Waals surface area contributed by atoms with Crippen LogP contribution < -0.4 is 4.74 Å². The highest BCUT2D eigenvalue weighted by atomic mass is 16.5. The standard InChI is InChI=1S/C21H26N2O2/c1-14(2)17-7-5-6-8-20(17)25-10-9-23-19-12-16(4)15(3)11-18(19)22-21(23)13-24/h5-8,11-12,14,24H,9-10,13H2,1-4H3. The molecule has 1 N–H and O–H groups in total. The Morgan fingerprint density at radius 3 is 2.56 bits per heavy atom. The quantitative estimate of drug-likeness (QED) is 0.727. The van der Waals surface area contributed by atoms with Crippen LogP contribution in [0, 0.1) is 13.8 Å². The lowest BCUT2D eigenvalue weighted by Gasteiger charge is -2.15. The van der Waals surface area contributed by atoms with Gasteiger partial charge in [-0.05, 0) is 54.7 Å². The van der Waals surface area contributed by atoms with Gasteiger partial charge in [-0.3, -0.25) is 0 Å². The summed E-state index contributed by atoms with van der Waals surface area (Å²) in [6.07, 6.45) is 0. The molecule has 4 heteroatoms. The first-order chi connectivity index (χ1) is 12.0. The monoisotopic (exact) mass is 338 g/mol. The Labute approximate surface area is 149 Å². The van der Waals surface area contributed by atoms with Crippen LogP contribution in [0.1, 0.15) is 42.3 Å². The Kier molecular flexibility index (Phi) is 5.09. The maximum Gasteiger partial charge on any atom is 0.135 e. The topological polar surface area (TPSA) is 47.3 Å². The number of fused-ring (bicyclic) bond motifs is 1. The van der Waals surface area contributed by atoms with Gasteiger partial charge in [0.25, 0.3) is 0 Å². The first-order valence-corrected chi connectivity index (χ1v) is 8.80. The van der Waals surface area contributed by atoms with Gasteiger partial charge in [0.15, 0.2) is 0 Å². The van der Waals surface area contributed by atoms with E-state index < -0.39 is 0 Å². The Hall–Kier alpha value is -2.33. The molecule has 132 valence electrons. The van der Waals surface area contributed by atoms with Crippen LogP contribution >= 0.6 is 0 Å². The Bertz CT molecular complexity index is 881. The molecule has 0 spiro atoms. The van der Waals surface area contributed by atoms with Gasteiger partial charge in [0.05, 0.1) is 17.6 Å². The zero-order valence-corrected chi connectivity index (χ0v) is 15.4. The number of nitrogens with zero attached hydrogens (tertiary/aromatic N) is 2. The lowest BCUT2D eigenvalue weighted by atomic mass is 10.0. The number of benzene rings is 2. The highest BCUT2D eigenvalue weighted by Gasteiger charge is 2.12. The molecule has 0 amide bonds. The minimum absolute atomic E-state index is 0.0741. The van der Waals surface area contributed by atoms with Crippen LogP contribution in [0.3, 0.4) is 0 Å². The van der Waals surface area contributed by atoms with E-state index in [0.29, 0.717) is 24.9 Å². The van der Waals surface area contributed by atoms with Crippen molar-refractivity contribution < 1.29 is 9.84 Å². The fourth-order valence-electron chi connectivity index (χ4n) is 3.14. The molecule has 0 aliphatic heterocycles. The van der Waals surface area contributed by atoms with E-state index in [0.717, 1.165) is 16.8 Å². The highest BCUT2D eigenvalue weighted by Crippen LogP contribution is 2.26. The second-order valence-corrected chi connectivity index (χ2v) is 6.80. The van der Waals surface area contributed by atoms with E-state index in [1.165, 1.54) is 16.7 Å². The molecule has 0 aliphatic rings. The van der Waals surface area contributed by atoms with Gasteiger partial charge in [-0.15, -0.1) is 0 Å². The third kappa shape index (κ3) is 3.54. The average Bonchev–Trinajstić information content (AvgIpc) is 2.92. The first kappa shape index (κ1) is 17.5. The van der Waals surface area contributed by atoms with E-state index in [-0.39, 0.29) is 6.61 Å². The summed E-state index contributed by atoms with van der Waals surface area (Å²) < 4.78 is 8.10. The Balaban J connectivity index is 1.83. The van der Waals surface area contributed by atoms with Gasteiger partial charge >= 0.3 is 0 Å². The molecule has 0 saturated carbocycles. The molecule has 0 aliphatic carbocycles. The fraction of sp³-hybridized carbons (Fsp3) is 0.381. The third-order valence-electron chi connectivity index (χ3n) is 4.70. The van der Waals surface area contributed by atoms with Crippen LogP contribution in [0.4, 0.5) is 0 Å². The molecule has 3 aromatic rings. The Morgan fingerprint density at radius 1 is 1.12 bits per heavy atom. The maximum atomic E-state index is 9.67. The minimum atomic E-state index is -0.0741. The van der Waals surface area contributed by atoms with Gasteiger partial charge in [-0.1, -0.05) is 32.0 Å². The van der Waals surface area contributed by atoms with E-state index in [1.54, 1.807) is 0 Å². The molecule has 1 heterocycles. The summed E-state index contributed by atoms with van der Waals surface area (Å²) in [5.74, 6) is 2.03. The third-order valence-corrected chi connectivity index (χ3v) is 4.70. The van der Waals surface area contributed by atoms with Gasteiger partial charge < -0.3 is 14.4 Å². The number of aliphatic hydroxyl groups is 1. The number of aromatic nitrogens is 2. The number of hydrogen-bond donors (Lipinski definition) is 1. The van der Waals surface area contributed by atoms with E-state index in [9.17, 15) is 5.11 Å². The van der Waals surface area contributed by atoms with E-state index in [4.69, 9.17) is 4.74 Å². The lowest BCUT2D eigenvalue weighted by Crippen LogP contribution is -2.12. The van der Waals surface area contributed by atoms with Gasteiger partial charge in [-0.25, -0.2) is 4.98 Å². The Morgan fingerprint density at radius 2 is 1.84 bits per heavy atom. The van der Waals surface area contributed by atoms with E-state index in [1.807, 2.05) is 18.2 Å². The zero-order chi connectivity index (χ0) is 18.0. The van der Waals surface area contributed by atoms with Crippen molar-refractivity contribution in [3.8, 4) is 5.75 Å². The van der Waals surface area contributed by atoms with Gasteiger partial charge in [0.1, 0.15) is 24.8 Å². The molecule has 0 fully saturated rings. The summed E-state index contributed by atoms with van der Waals surface area (Å²) in [4.78, 5) is 4.56. The van der Waals surface area contributed by atoms with Crippen LogP contribution in [-0.4, -0.2) is 21.3 Å². The van der Waals surface area contributed by atoms with Gasteiger partial charge in [0, 0.05) is 0 Å². The number of aryl methyl sites for hydroxylation is 2. The molecule has 0 radical (unpaired) electrons. The number of ether oxygens (including phenoxy) is 1. The number of para-hydroxylation sites is 1. The molecule has 1 aromatic heterocycles. The van der Waals surface area contributed by atoms with Crippen LogP contribution in [0.5, 0.6) is 5.75 Å². The largest absolute Gasteiger partial charge is 0.491 e. The molecular weight excluding hydrogens is 312 g/mol. The van der Waals surface area contributed by atoms with Gasteiger partial charge in [0.2, 0.25) is 0 Å². The van der Waals surface area contributed by atoms with Crippen LogP contribution in [0.25, 0.3) is 11.0 Å². The van der Waals surface area contributed by atoms with Gasteiger partial charge in [-0.2, -0.15) is 0 Å². The second kappa shape index (κ2) is 7.28. The van der Waals surface area contributed by atoms with Crippen molar-refractivity contribution in [2.75, 3.05) is 6.61 Å². The fourth-order valence-corrected chi connectivity index (χ4v) is 3.14. The summed E-state index contributed by atoms with van der Waals surface area (Å²) in [6.45, 7) is 9.63. The van der Waals surface area contributed by atoms with Crippen molar-refractivity contribution in [2.45, 2.75) is 46.8 Å². The van der Waals surface area contributed by atoms with Crippen LogP contribution in [0.2, 0.25) is 0 Å². The summed E-state index contributed by atoms with van der Waals surface area (Å²) in [5, 5.41) is 9.67. The van der Waals surface area contributed by atoms with Crippen LogP contribution in [-0.2, 0) is 13.2 Å². The number of hydrogen-bond acceptors (Lipinski definition) is 3. The zero-order valence-electron chi connectivity index (χ0n) is 15.4. The summed E-state index contributed by atoms with van der Waals surface area (Å²) >= 11 is 0. The molecule has 25 heavy (non-hydrogen) atoms. The van der Waals surface area contributed by atoms with Crippen molar-refractivity contribution in [1.29, 1.82) is 0 Å². The number of aliphatic hydroxyl groups excluding tert-OH is 1. The lowest BCUT2D eigenvalue weighted by molar-refractivity contribution is 0.255. The molecule has 4 nitrogen and oxygen atoms in total. The molecule has 0 saturated heterocycles. The number of imidazole rings is 1. The molecule has 0 bridgehead atoms. The molecule has 2 aromatic carbocycles. The van der Waals surface area contributed by atoms with Crippen molar-refractivity contribution >= 4 is 11.0 Å². The van der Waals surface area contributed by atoms with Crippen molar-refractivity contribution in [3.05, 3.63) is 58.9 Å². The molecule has 0 atom stereocenters. The normalized spacial score (nSPS) is 11.4. The van der Waals surface area contributed by atoms with Crippen LogP contribution in [0.15, 0.2) is 36.4 Å². The maximum absolute atomic E-state index is 9.67. The first-order valence-electron chi connectivity index (χ1n) is 8.80. The highest BCUT2D eigenvalue weighted by molar-refractivity contribution is 5.78. The second-order valence-electron chi connectivity index (χ2n) is 6.80. The molecule has 3 rings (SSSR count). The predicted octanol–water partition coefficient (Wildman–Crippen LogP) is 4.35. The SMILES string of the molecule is Cc1cc2nc(CO)n(CCOc3ccccc3C(C)C)c2cc1C. The predicted molar refractivity (Wildman–Crippen MR) is 101 cm³/mol. The minimum Gasteiger partial charge on any atom is -0.491 e. The van der Waals surface area contributed by atoms with Crippen molar-refractivity contribution in [1.82, 2.24) is 9.55 Å². The van der Waals surface area contributed by atoms with Crippen molar-refractivity contribution in [3.63, 3.8) is 0 Å². The summed E-state index contributed by atoms with van der Waals surface area (Å²) in [5.41, 5.74) is 5.63. The smallest absolute Gasteiger partial charge is 0.135 e. The average molecular weight is 338 g/mol. The van der Waals surface area contributed by atoms with Crippen molar-refractivity contribution in [2.24, 2.45) is 0 Å². The summed E-state index contributed by atoms with van der Waals surface area (Å²) in [6, 6.07) is 12.4. The van der Waals surface area contributed by atoms with E-state index in [2.05, 4.69) is 55.4 Å². The molecular formula is C21H26N2O2.